The van der Waals surface area contributed by atoms with Gasteiger partial charge < -0.3 is 9.30 Å². The summed E-state index contributed by atoms with van der Waals surface area (Å²) < 4.78 is 22.0. The van der Waals surface area contributed by atoms with E-state index in [9.17, 15) is 4.57 Å². The van der Waals surface area contributed by atoms with Crippen molar-refractivity contribution in [3.63, 3.8) is 0 Å². The summed E-state index contributed by atoms with van der Waals surface area (Å²) >= 11 is 5.42. The van der Waals surface area contributed by atoms with Crippen molar-refractivity contribution in [3.05, 3.63) is 91.0 Å². The number of hydrogen-bond acceptors (Lipinski definition) is 4. The van der Waals surface area contributed by atoms with E-state index in [0.717, 1.165) is 29.9 Å². The van der Waals surface area contributed by atoms with Crippen LogP contribution in [0.5, 0.6) is 0 Å². The zero-order valence-electron chi connectivity index (χ0n) is 17.6. The Balaban J connectivity index is 1.54. The highest BCUT2D eigenvalue weighted by Crippen LogP contribution is 2.44. The summed E-state index contributed by atoms with van der Waals surface area (Å²) in [6.45, 7) is 2.23. The fourth-order valence-corrected chi connectivity index (χ4v) is 7.01. The lowest BCUT2D eigenvalue weighted by Crippen LogP contribution is -2.27. The molecule has 1 fully saturated rings. The monoisotopic (exact) mass is 450 g/mol. The van der Waals surface area contributed by atoms with Crippen LogP contribution in [0.4, 0.5) is 0 Å². The maximum Gasteiger partial charge on any atom is 0.269 e. The SMILES string of the molecule is C[C@@H]1C/C(=C/CP(=O)(c2ccccc2)c2ccccc2)C[C@@H](OC(=S)n2ccnc2)C1. The molecule has 0 N–H and O–H groups in total. The number of nitrogens with zero attached hydrogens (tertiary/aromatic N) is 2. The predicted molar refractivity (Wildman–Crippen MR) is 131 cm³/mol. The largest absolute Gasteiger partial charge is 0.467 e. The number of allylic oxidation sites excluding steroid dienone is 1. The fourth-order valence-electron chi connectivity index (χ4n) is 4.22. The minimum absolute atomic E-state index is 0.0257. The Labute approximate surface area is 189 Å². The molecule has 0 radical (unpaired) electrons. The minimum Gasteiger partial charge on any atom is -0.467 e. The van der Waals surface area contributed by atoms with Gasteiger partial charge in [0.1, 0.15) is 19.6 Å². The summed E-state index contributed by atoms with van der Waals surface area (Å²) in [7, 11) is -2.75. The van der Waals surface area contributed by atoms with Gasteiger partial charge >= 0.3 is 0 Å². The molecule has 1 aromatic heterocycles. The molecule has 3 aromatic rings. The van der Waals surface area contributed by atoms with Gasteiger partial charge in [-0.3, -0.25) is 4.57 Å². The molecule has 1 aliphatic carbocycles. The summed E-state index contributed by atoms with van der Waals surface area (Å²) in [6.07, 6.45) is 10.6. The molecule has 1 aliphatic rings. The first kappa shape index (κ1) is 21.7. The lowest BCUT2D eigenvalue weighted by atomic mass is 9.85. The van der Waals surface area contributed by atoms with Crippen molar-refractivity contribution in [3.8, 4) is 0 Å². The molecule has 2 aromatic carbocycles. The highest BCUT2D eigenvalue weighted by molar-refractivity contribution is 7.80. The van der Waals surface area contributed by atoms with Crippen LogP contribution in [0.25, 0.3) is 0 Å². The highest BCUT2D eigenvalue weighted by atomic mass is 32.1. The third-order valence-electron chi connectivity index (χ3n) is 5.73. The van der Waals surface area contributed by atoms with Crippen LogP contribution in [0, 0.1) is 5.92 Å². The van der Waals surface area contributed by atoms with E-state index in [-0.39, 0.29) is 6.10 Å². The number of aromatic nitrogens is 2. The maximum atomic E-state index is 14.2. The van der Waals surface area contributed by atoms with Crippen LogP contribution in [0.3, 0.4) is 0 Å². The quantitative estimate of drug-likeness (QED) is 0.306. The summed E-state index contributed by atoms with van der Waals surface area (Å²) in [4.78, 5) is 4.03. The molecule has 0 spiro atoms. The van der Waals surface area contributed by atoms with Crippen molar-refractivity contribution in [2.75, 3.05) is 6.16 Å². The summed E-state index contributed by atoms with van der Waals surface area (Å²) in [5, 5.41) is 2.22. The molecule has 1 heterocycles. The third-order valence-corrected chi connectivity index (χ3v) is 9.00. The number of imidazole rings is 1. The molecule has 1 saturated carbocycles. The van der Waals surface area contributed by atoms with E-state index >= 15 is 0 Å². The first-order chi connectivity index (χ1) is 15.0. The van der Waals surface area contributed by atoms with E-state index in [1.807, 2.05) is 60.7 Å². The molecule has 4 rings (SSSR count). The van der Waals surface area contributed by atoms with E-state index in [1.165, 1.54) is 5.57 Å². The van der Waals surface area contributed by atoms with E-state index in [0.29, 0.717) is 17.3 Å². The third kappa shape index (κ3) is 5.23. The topological polar surface area (TPSA) is 44.1 Å². The number of thiocarbonyl (C=S) groups is 1. The molecule has 6 heteroatoms. The Morgan fingerprint density at radius 2 is 1.77 bits per heavy atom. The average Bonchev–Trinajstić information content (AvgIpc) is 3.34. The molecule has 0 amide bonds. The van der Waals surface area contributed by atoms with Crippen LogP contribution in [0.2, 0.25) is 0 Å². The van der Waals surface area contributed by atoms with Crippen LogP contribution >= 0.6 is 19.4 Å². The minimum atomic E-state index is -2.75. The van der Waals surface area contributed by atoms with E-state index in [2.05, 4.69) is 18.0 Å². The number of ether oxygens (including phenoxy) is 1. The van der Waals surface area contributed by atoms with Gasteiger partial charge in [-0.15, -0.1) is 0 Å². The van der Waals surface area contributed by atoms with Gasteiger partial charge in [-0.25, -0.2) is 4.98 Å². The first-order valence-corrected chi connectivity index (χ1v) is 12.9. The van der Waals surface area contributed by atoms with Crippen LogP contribution < -0.4 is 10.6 Å². The van der Waals surface area contributed by atoms with Crippen LogP contribution in [-0.4, -0.2) is 27.0 Å². The van der Waals surface area contributed by atoms with E-state index < -0.39 is 7.14 Å². The van der Waals surface area contributed by atoms with Crippen molar-refractivity contribution in [2.24, 2.45) is 5.92 Å². The molecule has 2 atom stereocenters. The Kier molecular flexibility index (Phi) is 6.84. The number of benzene rings is 2. The molecule has 4 nitrogen and oxygen atoms in total. The second-order valence-corrected chi connectivity index (χ2v) is 11.4. The zero-order valence-corrected chi connectivity index (χ0v) is 19.3. The molecule has 0 saturated heterocycles. The Bertz CT molecular complexity index is 1040. The van der Waals surface area contributed by atoms with Gasteiger partial charge in [-0.1, -0.05) is 79.2 Å². The van der Waals surface area contributed by atoms with Gasteiger partial charge in [-0.05, 0) is 31.0 Å². The van der Waals surface area contributed by atoms with Gasteiger partial charge in [0.2, 0.25) is 0 Å². The Hall–Kier alpha value is -2.49. The predicted octanol–water partition coefficient (Wildman–Crippen LogP) is 5.16. The van der Waals surface area contributed by atoms with Crippen LogP contribution in [0.1, 0.15) is 26.2 Å². The number of hydrogen-bond donors (Lipinski definition) is 0. The van der Waals surface area contributed by atoms with Gasteiger partial charge in [0.05, 0.1) is 0 Å². The van der Waals surface area contributed by atoms with Gasteiger partial charge in [0.15, 0.2) is 0 Å². The van der Waals surface area contributed by atoms with Gasteiger partial charge in [0, 0.05) is 35.6 Å². The fraction of sp³-hybridized carbons (Fsp3) is 0.280. The molecule has 0 unspecified atom stereocenters. The summed E-state index contributed by atoms with van der Waals surface area (Å²) in [5.41, 5.74) is 1.30. The molecule has 31 heavy (non-hydrogen) atoms. The maximum absolute atomic E-state index is 14.2. The van der Waals surface area contributed by atoms with Crippen molar-refractivity contribution >= 4 is 35.1 Å². The normalized spacial score (nSPS) is 20.5. The van der Waals surface area contributed by atoms with Crippen molar-refractivity contribution in [1.29, 1.82) is 0 Å². The van der Waals surface area contributed by atoms with Crippen molar-refractivity contribution < 1.29 is 9.30 Å². The van der Waals surface area contributed by atoms with E-state index in [1.54, 1.807) is 23.3 Å². The first-order valence-electron chi connectivity index (χ1n) is 10.6. The second kappa shape index (κ2) is 9.76. The standard InChI is InChI=1S/C25H27N2O2PS/c1-20-16-21(18-22(17-20)29-25(31)27-14-13-26-19-27)12-15-30(28,23-8-4-2-5-9-23)24-10-6-3-7-11-24/h2-14,19-20,22H,15-18H2,1H3/b21-12-/t20-,22+/m1/s1. The average molecular weight is 451 g/mol. The second-order valence-electron chi connectivity index (χ2n) is 8.18. The summed E-state index contributed by atoms with van der Waals surface area (Å²) in [5.74, 6) is 0.489. The lowest BCUT2D eigenvalue weighted by molar-refractivity contribution is 0.139. The Morgan fingerprint density at radius 3 is 2.35 bits per heavy atom. The van der Waals surface area contributed by atoms with Gasteiger partial charge in [-0.2, -0.15) is 0 Å². The zero-order chi connectivity index (χ0) is 21.7. The highest BCUT2D eigenvalue weighted by Gasteiger charge is 2.28. The lowest BCUT2D eigenvalue weighted by Gasteiger charge is -2.30. The molecular weight excluding hydrogens is 423 g/mol. The number of rotatable bonds is 5. The van der Waals surface area contributed by atoms with Crippen molar-refractivity contribution in [2.45, 2.75) is 32.3 Å². The van der Waals surface area contributed by atoms with Gasteiger partial charge in [0.25, 0.3) is 5.17 Å². The smallest absolute Gasteiger partial charge is 0.269 e. The van der Waals surface area contributed by atoms with Crippen LogP contribution in [0.15, 0.2) is 91.0 Å². The van der Waals surface area contributed by atoms with Crippen molar-refractivity contribution in [1.82, 2.24) is 9.55 Å². The molecule has 160 valence electrons. The molecule has 0 bridgehead atoms. The molecular formula is C25H27N2O2PS. The van der Waals surface area contributed by atoms with E-state index in [4.69, 9.17) is 17.0 Å². The molecule has 0 aliphatic heterocycles. The Morgan fingerprint density at radius 1 is 1.13 bits per heavy atom. The van der Waals surface area contributed by atoms with Crippen LogP contribution in [-0.2, 0) is 9.30 Å². The summed E-state index contributed by atoms with van der Waals surface area (Å²) in [6, 6.07) is 19.7.